The van der Waals surface area contributed by atoms with E-state index in [4.69, 9.17) is 0 Å². The number of anilines is 1. The summed E-state index contributed by atoms with van der Waals surface area (Å²) in [6, 6.07) is 7.71. The quantitative estimate of drug-likeness (QED) is 0.747. The molecule has 0 saturated heterocycles. The zero-order valence-corrected chi connectivity index (χ0v) is 9.64. The fourth-order valence-electron chi connectivity index (χ4n) is 1.11. The van der Waals surface area contributed by atoms with E-state index < -0.39 is 11.3 Å². The van der Waals surface area contributed by atoms with Gasteiger partial charge >= 0.3 is 0 Å². The van der Waals surface area contributed by atoms with Crippen LogP contribution in [-0.2, 0) is 17.8 Å². The molecule has 1 rings (SSSR count). The van der Waals surface area contributed by atoms with E-state index in [-0.39, 0.29) is 0 Å². The van der Waals surface area contributed by atoms with E-state index in [2.05, 4.69) is 23.9 Å². The summed E-state index contributed by atoms with van der Waals surface area (Å²) < 4.78 is 23.0. The summed E-state index contributed by atoms with van der Waals surface area (Å²) in [7, 11) is 0. The molecule has 0 aliphatic rings. The first kappa shape index (κ1) is 12.2. The van der Waals surface area contributed by atoms with Gasteiger partial charge in [0.15, 0.2) is 0 Å². The summed E-state index contributed by atoms with van der Waals surface area (Å²) in [4.78, 5) is 0. The Morgan fingerprint density at radius 2 is 1.93 bits per heavy atom. The maximum absolute atomic E-state index is 10.3. The fraction of sp³-hybridized carbons (Fsp3) is 0.400. The zero-order valence-electron chi connectivity index (χ0n) is 8.82. The second-order valence-corrected chi connectivity index (χ2v) is 4.24. The molecule has 1 aromatic carbocycles. The molecule has 1 atom stereocenters. The summed E-state index contributed by atoms with van der Waals surface area (Å²) in [5.41, 5.74) is 1.71. The van der Waals surface area contributed by atoms with E-state index in [1.807, 2.05) is 12.1 Å². The van der Waals surface area contributed by atoms with Gasteiger partial charge in [-0.05, 0) is 17.7 Å². The van der Waals surface area contributed by atoms with Crippen LogP contribution in [0.5, 0.6) is 0 Å². The van der Waals surface area contributed by atoms with Crippen LogP contribution in [-0.4, -0.2) is 14.8 Å². The topological polar surface area (TPSA) is 64.2 Å². The second-order valence-electron chi connectivity index (χ2n) is 3.57. The lowest BCUT2D eigenvalue weighted by atomic mass is 10.2. The summed E-state index contributed by atoms with van der Waals surface area (Å²) in [6.45, 7) is 4.95. The Kier molecular flexibility index (Phi) is 4.74. The van der Waals surface area contributed by atoms with Crippen LogP contribution in [0.4, 0.5) is 5.69 Å². The third kappa shape index (κ3) is 4.92. The SMILES string of the molecule is CC(C)NCc1ccc(NS(=O)[O-])cc1. The van der Waals surface area contributed by atoms with E-state index in [0.29, 0.717) is 11.7 Å². The molecule has 0 amide bonds. The normalized spacial score (nSPS) is 12.8. The van der Waals surface area contributed by atoms with Crippen LogP contribution in [0.2, 0.25) is 0 Å². The summed E-state index contributed by atoms with van der Waals surface area (Å²) in [5, 5.41) is 3.28. The van der Waals surface area contributed by atoms with Crippen molar-refractivity contribution in [3.63, 3.8) is 0 Å². The van der Waals surface area contributed by atoms with Gasteiger partial charge in [0.2, 0.25) is 0 Å². The van der Waals surface area contributed by atoms with Crippen molar-refractivity contribution < 1.29 is 8.76 Å². The molecular formula is C10H15N2O2S-. The van der Waals surface area contributed by atoms with Crippen molar-refractivity contribution in [1.82, 2.24) is 5.32 Å². The highest BCUT2D eigenvalue weighted by molar-refractivity contribution is 7.80. The third-order valence-corrected chi connectivity index (χ3v) is 2.27. The minimum Gasteiger partial charge on any atom is -0.755 e. The average molecular weight is 227 g/mol. The number of rotatable bonds is 5. The molecule has 0 spiro atoms. The molecule has 84 valence electrons. The predicted octanol–water partition coefficient (Wildman–Crippen LogP) is 1.39. The molecule has 0 aliphatic heterocycles. The third-order valence-electron chi connectivity index (χ3n) is 1.87. The van der Waals surface area contributed by atoms with Gasteiger partial charge in [-0.2, -0.15) is 0 Å². The van der Waals surface area contributed by atoms with Crippen molar-refractivity contribution in [3.05, 3.63) is 29.8 Å². The van der Waals surface area contributed by atoms with Gasteiger partial charge in [0, 0.05) is 29.5 Å². The molecule has 0 heterocycles. The smallest absolute Gasteiger partial charge is 0.0452 e. The summed E-state index contributed by atoms with van der Waals surface area (Å²) >= 11 is -2.25. The van der Waals surface area contributed by atoms with Gasteiger partial charge in [0.1, 0.15) is 0 Å². The minimum atomic E-state index is -2.25. The highest BCUT2D eigenvalue weighted by Crippen LogP contribution is 2.09. The van der Waals surface area contributed by atoms with Crippen molar-refractivity contribution in [1.29, 1.82) is 0 Å². The first-order chi connectivity index (χ1) is 7.08. The zero-order chi connectivity index (χ0) is 11.3. The van der Waals surface area contributed by atoms with Gasteiger partial charge in [-0.1, -0.05) is 26.0 Å². The minimum absolute atomic E-state index is 0.442. The highest BCUT2D eigenvalue weighted by atomic mass is 32.2. The number of benzene rings is 1. The molecule has 1 aromatic rings. The number of nitrogens with one attached hydrogen (secondary N) is 2. The molecule has 0 bridgehead atoms. The van der Waals surface area contributed by atoms with Gasteiger partial charge in [-0.3, -0.25) is 4.21 Å². The molecule has 0 saturated carbocycles. The molecule has 15 heavy (non-hydrogen) atoms. The van der Waals surface area contributed by atoms with Gasteiger partial charge in [0.25, 0.3) is 0 Å². The Morgan fingerprint density at radius 1 is 1.33 bits per heavy atom. The molecular weight excluding hydrogens is 212 g/mol. The Morgan fingerprint density at radius 3 is 2.40 bits per heavy atom. The molecule has 0 aliphatic carbocycles. The van der Waals surface area contributed by atoms with E-state index in [1.165, 1.54) is 0 Å². The Hall–Kier alpha value is -0.910. The van der Waals surface area contributed by atoms with Crippen LogP contribution < -0.4 is 10.0 Å². The fourth-order valence-corrected chi connectivity index (χ4v) is 1.44. The van der Waals surface area contributed by atoms with Crippen molar-refractivity contribution in [3.8, 4) is 0 Å². The van der Waals surface area contributed by atoms with Crippen molar-refractivity contribution >= 4 is 17.0 Å². The van der Waals surface area contributed by atoms with Crippen molar-refractivity contribution in [2.24, 2.45) is 0 Å². The predicted molar refractivity (Wildman–Crippen MR) is 61.0 cm³/mol. The van der Waals surface area contributed by atoms with Crippen molar-refractivity contribution in [2.75, 3.05) is 4.72 Å². The molecule has 5 heteroatoms. The van der Waals surface area contributed by atoms with Crippen LogP contribution in [0.15, 0.2) is 24.3 Å². The molecule has 0 fully saturated rings. The standard InChI is InChI=1S/C10H16N2O2S/c1-8(2)11-7-9-3-5-10(6-4-9)12-15(13)14/h3-6,8,11-12H,7H2,1-2H3,(H,13,14)/p-1. The first-order valence-electron chi connectivity index (χ1n) is 4.76. The lowest BCUT2D eigenvalue weighted by molar-refractivity contribution is 0.542. The largest absolute Gasteiger partial charge is 0.755 e. The maximum Gasteiger partial charge on any atom is 0.0452 e. The average Bonchev–Trinajstić information content (AvgIpc) is 2.16. The lowest BCUT2D eigenvalue weighted by Gasteiger charge is -2.10. The Balaban J connectivity index is 2.52. The van der Waals surface area contributed by atoms with Gasteiger partial charge < -0.3 is 14.6 Å². The molecule has 0 aromatic heterocycles. The summed E-state index contributed by atoms with van der Waals surface area (Å²) in [5.74, 6) is 0. The van der Waals surface area contributed by atoms with Gasteiger partial charge in [-0.15, -0.1) is 0 Å². The number of hydrogen-bond acceptors (Lipinski definition) is 3. The Bertz CT molecular complexity index is 325. The highest BCUT2D eigenvalue weighted by Gasteiger charge is 1.95. The van der Waals surface area contributed by atoms with E-state index >= 15 is 0 Å². The first-order valence-corrected chi connectivity index (χ1v) is 5.83. The lowest BCUT2D eigenvalue weighted by Crippen LogP contribution is -2.21. The van der Waals surface area contributed by atoms with Crippen LogP contribution in [0.3, 0.4) is 0 Å². The van der Waals surface area contributed by atoms with Crippen LogP contribution in [0.1, 0.15) is 19.4 Å². The van der Waals surface area contributed by atoms with Crippen LogP contribution in [0, 0.1) is 0 Å². The van der Waals surface area contributed by atoms with Crippen LogP contribution in [0.25, 0.3) is 0 Å². The van der Waals surface area contributed by atoms with Gasteiger partial charge in [0.05, 0.1) is 0 Å². The molecule has 0 radical (unpaired) electrons. The van der Waals surface area contributed by atoms with Gasteiger partial charge in [-0.25, -0.2) is 0 Å². The molecule has 1 unspecified atom stereocenters. The monoisotopic (exact) mass is 227 g/mol. The van der Waals surface area contributed by atoms with E-state index in [1.54, 1.807) is 12.1 Å². The van der Waals surface area contributed by atoms with Crippen LogP contribution >= 0.6 is 0 Å². The molecule has 2 N–H and O–H groups in total. The number of hydrogen-bond donors (Lipinski definition) is 2. The van der Waals surface area contributed by atoms with Crippen molar-refractivity contribution in [2.45, 2.75) is 26.4 Å². The maximum atomic E-state index is 10.3. The Labute approximate surface area is 92.5 Å². The molecule has 4 nitrogen and oxygen atoms in total. The van der Waals surface area contributed by atoms with E-state index in [0.717, 1.165) is 12.1 Å². The second kappa shape index (κ2) is 5.85. The van der Waals surface area contributed by atoms with E-state index in [9.17, 15) is 8.76 Å². The summed E-state index contributed by atoms with van der Waals surface area (Å²) in [6.07, 6.45) is 0.